The fourth-order valence-corrected chi connectivity index (χ4v) is 3.84. The molecule has 2 N–H and O–H groups in total. The minimum atomic E-state index is -5.08. The number of carbonyl (C=O) groups is 2. The number of nitrogens with zero attached hydrogens (tertiary/aromatic N) is 4. The maximum atomic E-state index is 10.6. The average Bonchev–Trinajstić information content (AvgIpc) is 3.44. The topological polar surface area (TPSA) is 127 Å². The number of pyridine rings is 1. The molecule has 1 saturated carbocycles. The number of morpholine rings is 1. The number of fused-ring (bicyclic) bond motifs is 1. The first-order valence-corrected chi connectivity index (χ1v) is 11.1. The molecule has 0 aromatic carbocycles. The van der Waals surface area contributed by atoms with Gasteiger partial charge in [-0.25, -0.2) is 9.59 Å². The van der Waals surface area contributed by atoms with E-state index in [4.69, 9.17) is 29.3 Å². The molecule has 212 valence electrons. The van der Waals surface area contributed by atoms with Gasteiger partial charge in [0.1, 0.15) is 0 Å². The van der Waals surface area contributed by atoms with Crippen LogP contribution in [0.5, 0.6) is 0 Å². The summed E-state index contributed by atoms with van der Waals surface area (Å²) in [6.07, 6.45) is 0.0483. The molecule has 1 saturated heterocycles. The van der Waals surface area contributed by atoms with Crippen molar-refractivity contribution in [2.75, 3.05) is 13.2 Å². The lowest BCUT2D eigenvalue weighted by atomic mass is 10.1. The number of ether oxygens (including phenoxy) is 2. The highest BCUT2D eigenvalue weighted by molar-refractivity contribution is 5.73. The number of aromatic nitrogens is 3. The molecule has 1 aliphatic heterocycles. The minimum absolute atomic E-state index is 0.178. The molecule has 2 aromatic rings. The summed E-state index contributed by atoms with van der Waals surface area (Å²) in [5.41, 5.74) is 2.43. The number of aliphatic carboxylic acids is 2. The molecule has 2 fully saturated rings. The van der Waals surface area contributed by atoms with Crippen molar-refractivity contribution >= 4 is 11.9 Å². The van der Waals surface area contributed by atoms with Crippen molar-refractivity contribution < 1.29 is 55.6 Å². The maximum absolute atomic E-state index is 10.6. The van der Waals surface area contributed by atoms with E-state index >= 15 is 0 Å². The van der Waals surface area contributed by atoms with E-state index < -0.39 is 24.3 Å². The van der Waals surface area contributed by atoms with Crippen LogP contribution in [0.2, 0.25) is 0 Å². The highest BCUT2D eigenvalue weighted by atomic mass is 19.4. The van der Waals surface area contributed by atoms with E-state index in [0.29, 0.717) is 12.6 Å². The quantitative estimate of drug-likeness (QED) is 0.535. The van der Waals surface area contributed by atoms with Gasteiger partial charge in [0.15, 0.2) is 0 Å². The molecular formula is C22H26F6N4O6. The van der Waals surface area contributed by atoms with Gasteiger partial charge in [0, 0.05) is 50.3 Å². The lowest BCUT2D eigenvalue weighted by Crippen LogP contribution is -2.51. The van der Waals surface area contributed by atoms with E-state index in [9.17, 15) is 26.3 Å². The Morgan fingerprint density at radius 2 is 1.63 bits per heavy atom. The van der Waals surface area contributed by atoms with Crippen molar-refractivity contribution in [1.29, 1.82) is 0 Å². The van der Waals surface area contributed by atoms with Crippen LogP contribution in [0.25, 0.3) is 0 Å². The Morgan fingerprint density at radius 3 is 2.13 bits per heavy atom. The molecule has 0 spiro atoms. The largest absolute Gasteiger partial charge is 0.490 e. The first-order valence-electron chi connectivity index (χ1n) is 11.1. The van der Waals surface area contributed by atoms with E-state index in [2.05, 4.69) is 21.2 Å². The summed E-state index contributed by atoms with van der Waals surface area (Å²) in [5.74, 6) is -5.51. The number of aryl methyl sites for hydroxylation is 1. The molecule has 0 unspecified atom stereocenters. The van der Waals surface area contributed by atoms with E-state index in [1.165, 1.54) is 5.56 Å². The van der Waals surface area contributed by atoms with Crippen LogP contribution in [0.3, 0.4) is 0 Å². The number of halogens is 6. The third-order valence-corrected chi connectivity index (χ3v) is 5.49. The Morgan fingerprint density at radius 1 is 1.05 bits per heavy atom. The highest BCUT2D eigenvalue weighted by Gasteiger charge is 2.43. The number of alkyl halides is 6. The summed E-state index contributed by atoms with van der Waals surface area (Å²) in [5, 5.41) is 18.5. The van der Waals surface area contributed by atoms with E-state index in [1.54, 1.807) is 0 Å². The van der Waals surface area contributed by atoms with Gasteiger partial charge in [0.05, 0.1) is 31.6 Å². The van der Waals surface area contributed by atoms with E-state index in [0.717, 1.165) is 38.1 Å². The Bertz CT molecular complexity index is 1010. The predicted octanol–water partition coefficient (Wildman–Crippen LogP) is 3.03. The van der Waals surface area contributed by atoms with Crippen LogP contribution in [0.15, 0.2) is 36.9 Å². The molecule has 0 bridgehead atoms. The zero-order valence-corrected chi connectivity index (χ0v) is 20.0. The molecule has 16 heteroatoms. The summed E-state index contributed by atoms with van der Waals surface area (Å²) in [4.78, 5) is 24.4. The van der Waals surface area contributed by atoms with Gasteiger partial charge in [-0.2, -0.15) is 31.4 Å². The van der Waals surface area contributed by atoms with Crippen LogP contribution in [-0.2, 0) is 39.3 Å². The number of rotatable bonds is 5. The zero-order valence-electron chi connectivity index (χ0n) is 20.0. The van der Waals surface area contributed by atoms with Gasteiger partial charge in [-0.3, -0.25) is 14.6 Å². The van der Waals surface area contributed by atoms with Gasteiger partial charge < -0.3 is 19.7 Å². The molecule has 2 aromatic heterocycles. The average molecular weight is 556 g/mol. The fraction of sp³-hybridized carbons (Fsp3) is 0.545. The Balaban J connectivity index is 0.000000301. The van der Waals surface area contributed by atoms with Gasteiger partial charge in [0.2, 0.25) is 0 Å². The molecule has 10 nitrogen and oxygen atoms in total. The summed E-state index contributed by atoms with van der Waals surface area (Å²) < 4.78 is 77.6. The normalized spacial score (nSPS) is 21.4. The third-order valence-electron chi connectivity index (χ3n) is 5.49. The number of carboxylic acids is 2. The van der Waals surface area contributed by atoms with Crippen LogP contribution < -0.4 is 0 Å². The first-order chi connectivity index (χ1) is 17.7. The maximum Gasteiger partial charge on any atom is 0.490 e. The standard InChI is InChI=1S/C18H24N4O2.2C2HF3O2/c1-21-11-15(10-20-21)12-22-8-9-23-18-16(22)2-3-17(18)24-13-14-4-6-19-7-5-14;2*3-2(4,5)1(6)7/h4-7,10-11,16-18H,2-3,8-9,12-13H2,1H3;2*(H,6,7)/t16-,17-,18+;;/m0../s1. The molecule has 3 heterocycles. The highest BCUT2D eigenvalue weighted by Crippen LogP contribution is 2.33. The van der Waals surface area contributed by atoms with Crippen LogP contribution >= 0.6 is 0 Å². The second kappa shape index (κ2) is 13.5. The number of carboxylic acid groups (broad SMARTS) is 2. The second-order valence-corrected chi connectivity index (χ2v) is 8.28. The van der Waals surface area contributed by atoms with Crippen molar-refractivity contribution in [3.63, 3.8) is 0 Å². The van der Waals surface area contributed by atoms with Crippen LogP contribution in [-0.4, -0.2) is 85.6 Å². The van der Waals surface area contributed by atoms with Crippen molar-refractivity contribution in [2.45, 2.75) is 56.6 Å². The summed E-state index contributed by atoms with van der Waals surface area (Å²) in [6, 6.07) is 4.45. The van der Waals surface area contributed by atoms with Crippen molar-refractivity contribution in [2.24, 2.45) is 7.05 Å². The number of hydrogen-bond donors (Lipinski definition) is 2. The van der Waals surface area contributed by atoms with Gasteiger partial charge in [-0.05, 0) is 30.5 Å². The number of hydrogen-bond acceptors (Lipinski definition) is 7. The minimum Gasteiger partial charge on any atom is -0.475 e. The van der Waals surface area contributed by atoms with Gasteiger partial charge in [0.25, 0.3) is 0 Å². The monoisotopic (exact) mass is 556 g/mol. The van der Waals surface area contributed by atoms with Crippen LogP contribution in [0.1, 0.15) is 24.0 Å². The molecule has 38 heavy (non-hydrogen) atoms. The lowest BCUT2D eigenvalue weighted by molar-refractivity contribution is -0.193. The zero-order chi connectivity index (χ0) is 28.5. The van der Waals surface area contributed by atoms with Crippen molar-refractivity contribution in [3.8, 4) is 0 Å². The van der Waals surface area contributed by atoms with Crippen LogP contribution in [0, 0.1) is 0 Å². The molecule has 3 atom stereocenters. The van der Waals surface area contributed by atoms with Crippen molar-refractivity contribution in [1.82, 2.24) is 19.7 Å². The predicted molar refractivity (Wildman–Crippen MR) is 117 cm³/mol. The van der Waals surface area contributed by atoms with Gasteiger partial charge >= 0.3 is 24.3 Å². The molecular weight excluding hydrogens is 530 g/mol. The smallest absolute Gasteiger partial charge is 0.475 e. The summed E-state index contributed by atoms with van der Waals surface area (Å²) >= 11 is 0. The molecule has 0 amide bonds. The third kappa shape index (κ3) is 9.90. The van der Waals surface area contributed by atoms with Crippen LogP contribution in [0.4, 0.5) is 26.3 Å². The fourth-order valence-electron chi connectivity index (χ4n) is 3.84. The van der Waals surface area contributed by atoms with Crippen molar-refractivity contribution in [3.05, 3.63) is 48.0 Å². The second-order valence-electron chi connectivity index (χ2n) is 8.28. The Kier molecular flexibility index (Phi) is 11.0. The van der Waals surface area contributed by atoms with Gasteiger partial charge in [-0.1, -0.05) is 0 Å². The summed E-state index contributed by atoms with van der Waals surface area (Å²) in [6.45, 7) is 3.32. The SMILES string of the molecule is Cn1cc(CN2CCO[C@H]3[C@@H](OCc4ccncc4)CC[C@@H]32)cn1.O=C(O)C(F)(F)F.O=C(O)C(F)(F)F. The van der Waals surface area contributed by atoms with E-state index in [-0.39, 0.29) is 12.2 Å². The van der Waals surface area contributed by atoms with E-state index in [1.807, 2.05) is 42.5 Å². The Labute approximate surface area is 212 Å². The molecule has 1 aliphatic carbocycles. The Hall–Kier alpha value is -3.24. The first kappa shape index (κ1) is 31.0. The molecule has 2 aliphatic rings. The molecule has 0 radical (unpaired) electrons. The molecule has 4 rings (SSSR count). The van der Waals surface area contributed by atoms with Gasteiger partial charge in [-0.15, -0.1) is 0 Å². The lowest BCUT2D eigenvalue weighted by Gasteiger charge is -2.38. The summed E-state index contributed by atoms with van der Waals surface area (Å²) in [7, 11) is 1.96.